The molecule has 0 atom stereocenters. The molecule has 5 heteroatoms. The third-order valence-corrected chi connectivity index (χ3v) is 4.31. The van der Waals surface area contributed by atoms with Gasteiger partial charge in [-0.25, -0.2) is 9.37 Å². The topological polar surface area (TPSA) is 45.2 Å². The van der Waals surface area contributed by atoms with Crippen molar-refractivity contribution in [2.75, 3.05) is 11.9 Å². The maximum absolute atomic E-state index is 13.7. The van der Waals surface area contributed by atoms with Crippen LogP contribution in [0.5, 0.6) is 0 Å². The predicted octanol–water partition coefficient (Wildman–Crippen LogP) is 4.50. The van der Waals surface area contributed by atoms with Gasteiger partial charge in [-0.2, -0.15) is 0 Å². The lowest BCUT2D eigenvalue weighted by Gasteiger charge is -2.21. The number of hydrogen-bond donors (Lipinski definition) is 1. The van der Waals surface area contributed by atoms with Crippen LogP contribution in [0.4, 0.5) is 10.2 Å². The first kappa shape index (κ1) is 18.6. The fourth-order valence-electron chi connectivity index (χ4n) is 2.77. The lowest BCUT2D eigenvalue weighted by molar-refractivity contribution is 0.0752. The van der Waals surface area contributed by atoms with Crippen LogP contribution in [0.15, 0.2) is 72.9 Å². The number of hydrogen-bond acceptors (Lipinski definition) is 3. The van der Waals surface area contributed by atoms with Crippen molar-refractivity contribution < 1.29 is 9.18 Å². The molecule has 138 valence electrons. The normalized spacial score (nSPS) is 10.4. The van der Waals surface area contributed by atoms with Crippen LogP contribution >= 0.6 is 0 Å². The molecule has 0 aliphatic heterocycles. The summed E-state index contributed by atoms with van der Waals surface area (Å²) < 4.78 is 13.7. The van der Waals surface area contributed by atoms with Gasteiger partial charge in [-0.1, -0.05) is 48.5 Å². The average Bonchev–Trinajstić information content (AvgIpc) is 2.72. The second-order valence-corrected chi connectivity index (χ2v) is 6.18. The zero-order valence-electron chi connectivity index (χ0n) is 15.2. The number of anilines is 1. The van der Waals surface area contributed by atoms with E-state index in [4.69, 9.17) is 0 Å². The molecule has 3 rings (SSSR count). The summed E-state index contributed by atoms with van der Waals surface area (Å²) in [7, 11) is 0. The van der Waals surface area contributed by atoms with Crippen LogP contribution in [0, 0.1) is 5.82 Å². The Labute approximate surface area is 158 Å². The van der Waals surface area contributed by atoms with E-state index in [0.29, 0.717) is 36.6 Å². The number of aromatic nitrogens is 1. The molecular formula is C22H22FN3O. The summed E-state index contributed by atoms with van der Waals surface area (Å²) in [5.41, 5.74) is 2.19. The van der Waals surface area contributed by atoms with E-state index < -0.39 is 0 Å². The van der Waals surface area contributed by atoms with Gasteiger partial charge in [0, 0.05) is 31.4 Å². The van der Waals surface area contributed by atoms with Crippen LogP contribution in [-0.2, 0) is 13.1 Å². The second-order valence-electron chi connectivity index (χ2n) is 6.18. The van der Waals surface area contributed by atoms with Gasteiger partial charge in [0.1, 0.15) is 11.6 Å². The van der Waals surface area contributed by atoms with E-state index in [1.54, 1.807) is 41.4 Å². The van der Waals surface area contributed by atoms with Crippen LogP contribution in [0.25, 0.3) is 0 Å². The highest BCUT2D eigenvalue weighted by molar-refractivity contribution is 5.94. The molecule has 1 amide bonds. The highest BCUT2D eigenvalue weighted by Crippen LogP contribution is 2.13. The number of halogens is 1. The molecule has 2 aromatic carbocycles. The highest BCUT2D eigenvalue weighted by atomic mass is 19.1. The molecule has 0 saturated carbocycles. The van der Waals surface area contributed by atoms with E-state index >= 15 is 0 Å². The number of pyridine rings is 1. The number of benzene rings is 2. The molecule has 0 saturated heterocycles. The Balaban J connectivity index is 1.63. The Morgan fingerprint density at radius 1 is 1.04 bits per heavy atom. The molecule has 0 bridgehead atoms. The molecule has 27 heavy (non-hydrogen) atoms. The molecule has 0 aliphatic rings. The van der Waals surface area contributed by atoms with Crippen molar-refractivity contribution in [1.29, 1.82) is 0 Å². The largest absolute Gasteiger partial charge is 0.366 e. The molecule has 0 radical (unpaired) electrons. The Morgan fingerprint density at radius 2 is 1.78 bits per heavy atom. The van der Waals surface area contributed by atoms with Gasteiger partial charge in [0.25, 0.3) is 5.91 Å². The van der Waals surface area contributed by atoms with E-state index in [9.17, 15) is 9.18 Å². The minimum Gasteiger partial charge on any atom is -0.366 e. The Hall–Kier alpha value is -3.21. The maximum atomic E-state index is 13.7. The Morgan fingerprint density at radius 3 is 2.44 bits per heavy atom. The van der Waals surface area contributed by atoms with Crippen LogP contribution in [0.3, 0.4) is 0 Å². The second kappa shape index (κ2) is 8.94. The van der Waals surface area contributed by atoms with Gasteiger partial charge < -0.3 is 10.2 Å². The molecule has 0 fully saturated rings. The minimum atomic E-state index is -0.253. The van der Waals surface area contributed by atoms with Crippen molar-refractivity contribution in [2.24, 2.45) is 0 Å². The number of nitrogens with one attached hydrogen (secondary N) is 1. The molecule has 0 spiro atoms. The van der Waals surface area contributed by atoms with Gasteiger partial charge in [0.15, 0.2) is 0 Å². The quantitative estimate of drug-likeness (QED) is 0.672. The average molecular weight is 363 g/mol. The van der Waals surface area contributed by atoms with Gasteiger partial charge >= 0.3 is 0 Å². The molecule has 0 unspecified atom stereocenters. The molecule has 4 nitrogen and oxygen atoms in total. The number of rotatable bonds is 7. The fraction of sp³-hybridized carbons (Fsp3) is 0.182. The van der Waals surface area contributed by atoms with Crippen LogP contribution in [0.2, 0.25) is 0 Å². The summed E-state index contributed by atoms with van der Waals surface area (Å²) in [6.07, 6.45) is 1.56. The molecule has 1 aromatic heterocycles. The predicted molar refractivity (Wildman–Crippen MR) is 105 cm³/mol. The molecule has 0 aliphatic carbocycles. The van der Waals surface area contributed by atoms with E-state index in [0.717, 1.165) is 5.56 Å². The summed E-state index contributed by atoms with van der Waals surface area (Å²) in [5.74, 6) is 0.284. The van der Waals surface area contributed by atoms with Crippen molar-refractivity contribution in [3.63, 3.8) is 0 Å². The van der Waals surface area contributed by atoms with E-state index in [1.807, 2.05) is 37.3 Å². The lowest BCUT2D eigenvalue weighted by atomic mass is 10.2. The lowest BCUT2D eigenvalue weighted by Crippen LogP contribution is -2.30. The third-order valence-electron chi connectivity index (χ3n) is 4.31. The minimum absolute atomic E-state index is 0.0606. The van der Waals surface area contributed by atoms with Crippen molar-refractivity contribution in [1.82, 2.24) is 9.88 Å². The van der Waals surface area contributed by atoms with E-state index in [1.165, 1.54) is 6.07 Å². The summed E-state index contributed by atoms with van der Waals surface area (Å²) in [6.45, 7) is 3.46. The maximum Gasteiger partial charge on any atom is 0.255 e. The van der Waals surface area contributed by atoms with Crippen LogP contribution in [0.1, 0.15) is 28.4 Å². The Kier molecular flexibility index (Phi) is 6.15. The zero-order chi connectivity index (χ0) is 19.1. The van der Waals surface area contributed by atoms with Gasteiger partial charge in [-0.05, 0) is 30.7 Å². The van der Waals surface area contributed by atoms with E-state index in [2.05, 4.69) is 10.3 Å². The Bertz CT molecular complexity index is 882. The van der Waals surface area contributed by atoms with Gasteiger partial charge in [0.05, 0.1) is 5.56 Å². The van der Waals surface area contributed by atoms with Crippen LogP contribution < -0.4 is 5.32 Å². The highest BCUT2D eigenvalue weighted by Gasteiger charge is 2.15. The van der Waals surface area contributed by atoms with Gasteiger partial charge in [0.2, 0.25) is 0 Å². The van der Waals surface area contributed by atoms with Gasteiger partial charge in [-0.3, -0.25) is 4.79 Å². The summed E-state index contributed by atoms with van der Waals surface area (Å²) in [6, 6.07) is 20.0. The fourth-order valence-corrected chi connectivity index (χ4v) is 2.77. The summed E-state index contributed by atoms with van der Waals surface area (Å²) in [5, 5.41) is 3.07. The van der Waals surface area contributed by atoms with Crippen molar-refractivity contribution in [2.45, 2.75) is 20.0 Å². The number of carbonyl (C=O) groups is 1. The summed E-state index contributed by atoms with van der Waals surface area (Å²) >= 11 is 0. The smallest absolute Gasteiger partial charge is 0.255 e. The third kappa shape index (κ3) is 4.91. The SMILES string of the molecule is CCN(Cc1ccccc1)C(=O)c1ccc(NCc2ccccc2F)nc1. The van der Waals surface area contributed by atoms with Gasteiger partial charge in [-0.15, -0.1) is 0 Å². The van der Waals surface area contributed by atoms with Crippen molar-refractivity contribution in [3.05, 3.63) is 95.4 Å². The summed E-state index contributed by atoms with van der Waals surface area (Å²) in [4.78, 5) is 18.8. The first-order valence-electron chi connectivity index (χ1n) is 8.94. The van der Waals surface area contributed by atoms with E-state index in [-0.39, 0.29) is 11.7 Å². The first-order chi connectivity index (χ1) is 13.2. The molecule has 3 aromatic rings. The number of amides is 1. The monoisotopic (exact) mass is 363 g/mol. The van der Waals surface area contributed by atoms with Crippen molar-refractivity contribution in [3.8, 4) is 0 Å². The number of carbonyl (C=O) groups excluding carboxylic acids is 1. The first-order valence-corrected chi connectivity index (χ1v) is 8.94. The molecule has 1 heterocycles. The van der Waals surface area contributed by atoms with Crippen molar-refractivity contribution >= 4 is 11.7 Å². The standard InChI is InChI=1S/C22H22FN3O/c1-2-26(16-17-8-4-3-5-9-17)22(27)19-12-13-21(25-15-19)24-14-18-10-6-7-11-20(18)23/h3-13,15H,2,14,16H2,1H3,(H,24,25). The molecular weight excluding hydrogens is 341 g/mol. The van der Waals surface area contributed by atoms with Crippen LogP contribution in [-0.4, -0.2) is 22.3 Å². The zero-order valence-corrected chi connectivity index (χ0v) is 15.2. The molecule has 1 N–H and O–H groups in total. The number of nitrogens with zero attached hydrogens (tertiary/aromatic N) is 2.